The van der Waals surface area contributed by atoms with E-state index < -0.39 is 0 Å². The molecule has 7 heavy (non-hydrogen) atoms. The maximum absolute atomic E-state index is 5.42. The van der Waals surface area contributed by atoms with Crippen molar-refractivity contribution in [2.24, 2.45) is 5.92 Å². The molecule has 0 aromatic heterocycles. The maximum atomic E-state index is 5.42. The van der Waals surface area contributed by atoms with Gasteiger partial charge in [0.25, 0.3) is 0 Å². The van der Waals surface area contributed by atoms with Gasteiger partial charge in [-0.3, -0.25) is 0 Å². The molecule has 1 saturated heterocycles. The standard InChI is InChI=1S/C5H7IO/c6-5-2-3-1-4(3)7-5/h3-5H,1-2H2. The number of alkyl halides is 1. The number of hydrogen-bond donors (Lipinski definition) is 0. The molecule has 0 aromatic carbocycles. The van der Waals surface area contributed by atoms with Crippen molar-refractivity contribution in [3.05, 3.63) is 0 Å². The molecule has 2 aliphatic rings. The summed E-state index contributed by atoms with van der Waals surface area (Å²) in [5.74, 6) is 0.960. The van der Waals surface area contributed by atoms with E-state index in [1.165, 1.54) is 12.8 Å². The largest absolute Gasteiger partial charge is 0.364 e. The lowest BCUT2D eigenvalue weighted by molar-refractivity contribution is 0.143. The minimum absolute atomic E-state index is 0.543. The molecule has 2 heteroatoms. The summed E-state index contributed by atoms with van der Waals surface area (Å²) < 4.78 is 5.96. The summed E-state index contributed by atoms with van der Waals surface area (Å²) in [6.45, 7) is 0. The highest BCUT2D eigenvalue weighted by molar-refractivity contribution is 14.1. The van der Waals surface area contributed by atoms with Gasteiger partial charge in [0, 0.05) is 0 Å². The smallest absolute Gasteiger partial charge is 0.109 e. The highest BCUT2D eigenvalue weighted by atomic mass is 127. The summed E-state index contributed by atoms with van der Waals surface area (Å²) in [7, 11) is 0. The summed E-state index contributed by atoms with van der Waals surface area (Å²) in [5, 5.41) is 0. The molecule has 1 saturated carbocycles. The Morgan fingerprint density at radius 2 is 2.29 bits per heavy atom. The lowest BCUT2D eigenvalue weighted by atomic mass is 10.3. The van der Waals surface area contributed by atoms with Gasteiger partial charge in [-0.1, -0.05) is 22.6 Å². The number of hydrogen-bond acceptors (Lipinski definition) is 1. The van der Waals surface area contributed by atoms with Crippen LogP contribution in [0.2, 0.25) is 0 Å². The van der Waals surface area contributed by atoms with E-state index >= 15 is 0 Å². The van der Waals surface area contributed by atoms with Crippen molar-refractivity contribution in [3.63, 3.8) is 0 Å². The maximum Gasteiger partial charge on any atom is 0.109 e. The molecule has 1 aliphatic carbocycles. The Hall–Kier alpha value is 0.690. The van der Waals surface area contributed by atoms with Crippen LogP contribution in [0.3, 0.4) is 0 Å². The van der Waals surface area contributed by atoms with Crippen molar-refractivity contribution in [2.75, 3.05) is 0 Å². The van der Waals surface area contributed by atoms with Crippen LogP contribution in [0, 0.1) is 5.92 Å². The number of rotatable bonds is 0. The topological polar surface area (TPSA) is 9.23 Å². The van der Waals surface area contributed by atoms with E-state index in [2.05, 4.69) is 22.6 Å². The van der Waals surface area contributed by atoms with E-state index in [0.29, 0.717) is 10.2 Å². The van der Waals surface area contributed by atoms with E-state index in [1.807, 2.05) is 0 Å². The van der Waals surface area contributed by atoms with E-state index in [9.17, 15) is 0 Å². The lowest BCUT2D eigenvalue weighted by Crippen LogP contribution is -1.96. The quantitative estimate of drug-likeness (QED) is 0.435. The second-order valence-corrected chi connectivity index (χ2v) is 3.71. The minimum atomic E-state index is 0.543. The predicted octanol–water partition coefficient (Wildman–Crippen LogP) is 1.56. The molecule has 0 radical (unpaired) electrons. The Labute approximate surface area is 56.6 Å². The van der Waals surface area contributed by atoms with E-state index in [0.717, 1.165) is 5.92 Å². The minimum Gasteiger partial charge on any atom is -0.364 e. The average molecular weight is 210 g/mol. The van der Waals surface area contributed by atoms with Gasteiger partial charge in [0.1, 0.15) is 4.11 Å². The molecular formula is C5H7IO. The zero-order valence-corrected chi connectivity index (χ0v) is 6.09. The first kappa shape index (κ1) is 4.56. The fraction of sp³-hybridized carbons (Fsp3) is 1.00. The van der Waals surface area contributed by atoms with Gasteiger partial charge in [-0.2, -0.15) is 0 Å². The van der Waals surface area contributed by atoms with E-state index in [-0.39, 0.29) is 0 Å². The van der Waals surface area contributed by atoms with Crippen LogP contribution in [0.4, 0.5) is 0 Å². The second kappa shape index (κ2) is 1.35. The monoisotopic (exact) mass is 210 g/mol. The van der Waals surface area contributed by atoms with Gasteiger partial charge in [-0.05, 0) is 18.8 Å². The summed E-state index contributed by atoms with van der Waals surface area (Å²) in [6, 6.07) is 0. The van der Waals surface area contributed by atoms with Crippen molar-refractivity contribution in [1.29, 1.82) is 0 Å². The van der Waals surface area contributed by atoms with Gasteiger partial charge in [-0.15, -0.1) is 0 Å². The zero-order valence-electron chi connectivity index (χ0n) is 3.93. The number of halogens is 1. The van der Waals surface area contributed by atoms with E-state index in [1.54, 1.807) is 0 Å². The fourth-order valence-corrected chi connectivity index (χ4v) is 2.15. The zero-order chi connectivity index (χ0) is 4.85. The molecule has 2 fully saturated rings. The Morgan fingerprint density at radius 3 is 2.57 bits per heavy atom. The highest BCUT2D eigenvalue weighted by Crippen LogP contribution is 2.47. The summed E-state index contributed by atoms with van der Waals surface area (Å²) in [5.41, 5.74) is 0. The van der Waals surface area contributed by atoms with Crippen LogP contribution in [-0.4, -0.2) is 10.2 Å². The van der Waals surface area contributed by atoms with Crippen molar-refractivity contribution >= 4 is 22.6 Å². The van der Waals surface area contributed by atoms with Gasteiger partial charge >= 0.3 is 0 Å². The number of ether oxygens (including phenoxy) is 1. The highest BCUT2D eigenvalue weighted by Gasteiger charge is 2.46. The normalized spacial score (nSPS) is 57.0. The molecule has 0 aromatic rings. The van der Waals surface area contributed by atoms with Gasteiger partial charge in [0.05, 0.1) is 6.10 Å². The van der Waals surface area contributed by atoms with Crippen LogP contribution >= 0.6 is 22.6 Å². The molecule has 40 valence electrons. The van der Waals surface area contributed by atoms with Gasteiger partial charge in [0.2, 0.25) is 0 Å². The van der Waals surface area contributed by atoms with Crippen LogP contribution < -0.4 is 0 Å². The van der Waals surface area contributed by atoms with Crippen LogP contribution in [0.5, 0.6) is 0 Å². The van der Waals surface area contributed by atoms with Gasteiger partial charge in [0.15, 0.2) is 0 Å². The van der Waals surface area contributed by atoms with Crippen LogP contribution in [0.15, 0.2) is 0 Å². The van der Waals surface area contributed by atoms with Gasteiger partial charge in [-0.25, -0.2) is 0 Å². The summed E-state index contributed by atoms with van der Waals surface area (Å²) in [6.07, 6.45) is 3.34. The molecule has 0 N–H and O–H groups in total. The summed E-state index contributed by atoms with van der Waals surface area (Å²) in [4.78, 5) is 0. The molecule has 1 aliphatic heterocycles. The molecular weight excluding hydrogens is 203 g/mol. The first-order valence-electron chi connectivity index (χ1n) is 2.66. The third-order valence-electron chi connectivity index (χ3n) is 1.67. The van der Waals surface area contributed by atoms with Crippen LogP contribution in [0.1, 0.15) is 12.8 Å². The molecule has 0 bridgehead atoms. The lowest BCUT2D eigenvalue weighted by Gasteiger charge is -1.99. The van der Waals surface area contributed by atoms with Crippen LogP contribution in [0.25, 0.3) is 0 Å². The Kier molecular flexibility index (Phi) is 0.876. The third kappa shape index (κ3) is 0.682. The molecule has 1 nitrogen and oxygen atoms in total. The van der Waals surface area contributed by atoms with E-state index in [4.69, 9.17) is 4.74 Å². The molecule has 3 unspecified atom stereocenters. The SMILES string of the molecule is IC1CC2CC2O1. The molecule has 0 amide bonds. The van der Waals surface area contributed by atoms with Gasteiger partial charge < -0.3 is 4.74 Å². The first-order valence-corrected chi connectivity index (χ1v) is 3.90. The average Bonchev–Trinajstić information content (AvgIpc) is 2.15. The van der Waals surface area contributed by atoms with Crippen molar-refractivity contribution < 1.29 is 4.74 Å². The van der Waals surface area contributed by atoms with Crippen molar-refractivity contribution in [1.82, 2.24) is 0 Å². The molecule has 3 atom stereocenters. The summed E-state index contributed by atoms with van der Waals surface area (Å²) >= 11 is 2.36. The van der Waals surface area contributed by atoms with Crippen molar-refractivity contribution in [3.8, 4) is 0 Å². The number of fused-ring (bicyclic) bond motifs is 1. The van der Waals surface area contributed by atoms with Crippen LogP contribution in [-0.2, 0) is 4.74 Å². The Morgan fingerprint density at radius 1 is 1.43 bits per heavy atom. The molecule has 1 heterocycles. The van der Waals surface area contributed by atoms with Crippen molar-refractivity contribution in [2.45, 2.75) is 23.1 Å². The molecule has 0 spiro atoms. The first-order chi connectivity index (χ1) is 3.36. The molecule has 2 rings (SSSR count). The third-order valence-corrected chi connectivity index (χ3v) is 2.47. The second-order valence-electron chi connectivity index (χ2n) is 2.32. The fourth-order valence-electron chi connectivity index (χ4n) is 1.12. The Bertz CT molecular complexity index is 84.1. The predicted molar refractivity (Wildman–Crippen MR) is 35.4 cm³/mol. The Balaban J connectivity index is 2.02.